The molecule has 1 N–H and O–H groups in total. The second-order valence-corrected chi connectivity index (χ2v) is 11.5. The molecule has 2 aliphatic rings. The lowest BCUT2D eigenvalue weighted by Crippen LogP contribution is -2.32. The third-order valence-corrected chi connectivity index (χ3v) is 6.56. The van der Waals surface area contributed by atoms with Gasteiger partial charge in [0, 0.05) is 12.6 Å². The van der Waals surface area contributed by atoms with Gasteiger partial charge in [-0.3, -0.25) is 0 Å². The summed E-state index contributed by atoms with van der Waals surface area (Å²) < 4.78 is 53.4. The van der Waals surface area contributed by atoms with E-state index in [2.05, 4.69) is 25.5 Å². The second kappa shape index (κ2) is 9.31. The average Bonchev–Trinajstić information content (AvgIpc) is 3.52. The van der Waals surface area contributed by atoms with Crippen LogP contribution < -0.4 is 9.46 Å². The van der Waals surface area contributed by atoms with Crippen molar-refractivity contribution < 1.29 is 22.3 Å². The van der Waals surface area contributed by atoms with Crippen molar-refractivity contribution >= 4 is 10.0 Å². The summed E-state index contributed by atoms with van der Waals surface area (Å²) in [6, 6.07) is 4.37. The van der Waals surface area contributed by atoms with Crippen molar-refractivity contribution in [2.24, 2.45) is 17.3 Å². The largest absolute Gasteiger partial charge is 0.490 e. The molecule has 2 saturated carbocycles. The van der Waals surface area contributed by atoms with E-state index < -0.39 is 15.8 Å². The maximum absolute atomic E-state index is 14.1. The maximum Gasteiger partial charge on any atom is 0.212 e. The van der Waals surface area contributed by atoms with E-state index in [1.54, 1.807) is 12.1 Å². The highest BCUT2D eigenvalue weighted by Crippen LogP contribution is 2.42. The Labute approximate surface area is 174 Å². The average molecular weight is 428 g/mol. The standard InChI is InChI=1S/C22H34FNO4S/c1-22(2,3)15-27-11-4-12-29(25,26)24-21(17-7-8-17)18-9-10-19(23)20(13-18)28-14-16-5-6-16/h9-10,13,16-17,21,24H,4-8,11-12,14-15H2,1-3H3/t21-/m1/s1. The van der Waals surface area contributed by atoms with Gasteiger partial charge in [0.2, 0.25) is 10.0 Å². The van der Waals surface area contributed by atoms with Gasteiger partial charge in [-0.15, -0.1) is 0 Å². The highest BCUT2D eigenvalue weighted by molar-refractivity contribution is 7.89. The van der Waals surface area contributed by atoms with Crippen LogP contribution in [0.15, 0.2) is 18.2 Å². The Balaban J connectivity index is 1.57. The molecule has 1 aromatic rings. The van der Waals surface area contributed by atoms with Gasteiger partial charge in [0.15, 0.2) is 11.6 Å². The van der Waals surface area contributed by atoms with E-state index in [-0.39, 0.29) is 28.9 Å². The molecule has 29 heavy (non-hydrogen) atoms. The smallest absolute Gasteiger partial charge is 0.212 e. The molecule has 1 aromatic carbocycles. The van der Waals surface area contributed by atoms with Gasteiger partial charge in [-0.2, -0.15) is 0 Å². The van der Waals surface area contributed by atoms with Crippen LogP contribution in [0.5, 0.6) is 5.75 Å². The first-order valence-corrected chi connectivity index (χ1v) is 12.3. The monoisotopic (exact) mass is 427 g/mol. The Kier molecular flexibility index (Phi) is 7.23. The fourth-order valence-corrected chi connectivity index (χ4v) is 4.50. The van der Waals surface area contributed by atoms with Gasteiger partial charge in [0.1, 0.15) is 0 Å². The predicted molar refractivity (Wildman–Crippen MR) is 112 cm³/mol. The lowest BCUT2D eigenvalue weighted by atomic mass is 9.99. The molecule has 0 unspecified atom stereocenters. The quantitative estimate of drug-likeness (QED) is 0.501. The minimum absolute atomic E-state index is 0.0204. The summed E-state index contributed by atoms with van der Waals surface area (Å²) in [5.74, 6) is 0.615. The van der Waals surface area contributed by atoms with E-state index in [0.29, 0.717) is 32.2 Å². The molecule has 0 aromatic heterocycles. The van der Waals surface area contributed by atoms with Gasteiger partial charge in [0.25, 0.3) is 0 Å². The number of hydrogen-bond donors (Lipinski definition) is 1. The second-order valence-electron chi connectivity index (χ2n) is 9.66. The number of rotatable bonds is 12. The first-order chi connectivity index (χ1) is 13.6. The van der Waals surface area contributed by atoms with Crippen molar-refractivity contribution in [2.75, 3.05) is 25.6 Å². The first kappa shape index (κ1) is 22.5. The molecule has 0 radical (unpaired) electrons. The molecular weight excluding hydrogens is 393 g/mol. The Morgan fingerprint density at radius 2 is 1.93 bits per heavy atom. The van der Waals surface area contributed by atoms with Crippen molar-refractivity contribution in [1.29, 1.82) is 0 Å². The van der Waals surface area contributed by atoms with Crippen LogP contribution in [0.2, 0.25) is 0 Å². The molecule has 0 amide bonds. The Morgan fingerprint density at radius 1 is 1.21 bits per heavy atom. The van der Waals surface area contributed by atoms with Gasteiger partial charge in [-0.25, -0.2) is 17.5 Å². The lowest BCUT2D eigenvalue weighted by Gasteiger charge is -2.20. The first-order valence-electron chi connectivity index (χ1n) is 10.6. The van der Waals surface area contributed by atoms with Crippen LogP contribution in [0.1, 0.15) is 64.5 Å². The fourth-order valence-electron chi connectivity index (χ4n) is 3.16. The molecule has 0 saturated heterocycles. The number of hydrogen-bond acceptors (Lipinski definition) is 4. The summed E-state index contributed by atoms with van der Waals surface area (Å²) >= 11 is 0. The van der Waals surface area contributed by atoms with E-state index in [4.69, 9.17) is 9.47 Å². The van der Waals surface area contributed by atoms with Gasteiger partial charge in [-0.1, -0.05) is 26.8 Å². The zero-order valence-corrected chi connectivity index (χ0v) is 18.6. The minimum atomic E-state index is -3.45. The van der Waals surface area contributed by atoms with Crippen molar-refractivity contribution in [3.63, 3.8) is 0 Å². The van der Waals surface area contributed by atoms with Crippen LogP contribution in [0, 0.1) is 23.1 Å². The Morgan fingerprint density at radius 3 is 2.55 bits per heavy atom. The van der Waals surface area contributed by atoms with Crippen molar-refractivity contribution in [2.45, 2.75) is 58.9 Å². The summed E-state index contributed by atoms with van der Waals surface area (Å²) in [7, 11) is -3.45. The van der Waals surface area contributed by atoms with Crippen LogP contribution in [0.3, 0.4) is 0 Å². The van der Waals surface area contributed by atoms with E-state index in [1.807, 2.05) is 0 Å². The minimum Gasteiger partial charge on any atom is -0.490 e. The lowest BCUT2D eigenvalue weighted by molar-refractivity contribution is 0.0720. The zero-order chi connectivity index (χ0) is 21.1. The molecule has 2 aliphatic carbocycles. The third kappa shape index (κ3) is 7.87. The molecule has 0 heterocycles. The molecule has 2 fully saturated rings. The van der Waals surface area contributed by atoms with Crippen molar-refractivity contribution in [3.05, 3.63) is 29.6 Å². The van der Waals surface area contributed by atoms with Crippen LogP contribution in [0.25, 0.3) is 0 Å². The van der Waals surface area contributed by atoms with Crippen LogP contribution in [-0.4, -0.2) is 34.0 Å². The Bertz CT molecular complexity index is 782. The summed E-state index contributed by atoms with van der Waals surface area (Å²) in [6.45, 7) is 7.78. The van der Waals surface area contributed by atoms with E-state index in [0.717, 1.165) is 31.2 Å². The molecule has 7 heteroatoms. The zero-order valence-electron chi connectivity index (χ0n) is 17.7. The summed E-state index contributed by atoms with van der Waals surface area (Å²) in [4.78, 5) is 0. The van der Waals surface area contributed by atoms with E-state index >= 15 is 0 Å². The van der Waals surface area contributed by atoms with Crippen LogP contribution in [-0.2, 0) is 14.8 Å². The summed E-state index contributed by atoms with van der Waals surface area (Å²) in [6.07, 6.45) is 4.65. The van der Waals surface area contributed by atoms with Gasteiger partial charge in [0.05, 0.1) is 19.0 Å². The van der Waals surface area contributed by atoms with E-state index in [9.17, 15) is 12.8 Å². The third-order valence-electron chi connectivity index (χ3n) is 5.12. The molecule has 0 spiro atoms. The van der Waals surface area contributed by atoms with Gasteiger partial charge < -0.3 is 9.47 Å². The number of benzene rings is 1. The maximum atomic E-state index is 14.1. The highest BCUT2D eigenvalue weighted by Gasteiger charge is 2.35. The van der Waals surface area contributed by atoms with Crippen LogP contribution >= 0.6 is 0 Å². The molecule has 164 valence electrons. The van der Waals surface area contributed by atoms with Crippen LogP contribution in [0.4, 0.5) is 4.39 Å². The highest BCUT2D eigenvalue weighted by atomic mass is 32.2. The van der Waals surface area contributed by atoms with Crippen molar-refractivity contribution in [1.82, 2.24) is 4.72 Å². The van der Waals surface area contributed by atoms with E-state index in [1.165, 1.54) is 6.07 Å². The molecular formula is C22H34FNO4S. The molecule has 0 aliphatic heterocycles. The summed E-state index contributed by atoms with van der Waals surface area (Å²) in [5.41, 5.74) is 0.836. The predicted octanol–water partition coefficient (Wildman–Crippen LogP) is 4.44. The number of ether oxygens (including phenoxy) is 2. The topological polar surface area (TPSA) is 64.6 Å². The summed E-state index contributed by atoms with van der Waals surface area (Å²) in [5, 5.41) is 0. The normalized spacial score (nSPS) is 18.6. The SMILES string of the molecule is CC(C)(C)COCCCS(=O)(=O)N[C@@H](c1ccc(F)c(OCC2CC2)c1)C1CC1. The Hall–Kier alpha value is -1.18. The molecule has 3 rings (SSSR count). The number of halogens is 1. The number of sulfonamides is 1. The van der Waals surface area contributed by atoms with Gasteiger partial charge >= 0.3 is 0 Å². The number of nitrogens with one attached hydrogen (secondary N) is 1. The van der Waals surface area contributed by atoms with Gasteiger partial charge in [-0.05, 0) is 67.1 Å². The fraction of sp³-hybridized carbons (Fsp3) is 0.727. The van der Waals surface area contributed by atoms with Crippen molar-refractivity contribution in [3.8, 4) is 5.75 Å². The molecule has 1 atom stereocenters. The molecule has 5 nitrogen and oxygen atoms in total. The molecule has 0 bridgehead atoms.